The summed E-state index contributed by atoms with van der Waals surface area (Å²) in [6.07, 6.45) is 2.52. The number of carbonyl (C=O) groups excluding carboxylic acids is 1. The Labute approximate surface area is 147 Å². The van der Waals surface area contributed by atoms with E-state index in [2.05, 4.69) is 0 Å². The number of hydrogen-bond acceptors (Lipinski definition) is 4. The highest BCUT2D eigenvalue weighted by molar-refractivity contribution is 5.82. The molecule has 0 spiro atoms. The Kier molecular flexibility index (Phi) is 4.84. The monoisotopic (exact) mass is 343 g/mol. The lowest BCUT2D eigenvalue weighted by Crippen LogP contribution is -2.46. The van der Waals surface area contributed by atoms with E-state index >= 15 is 0 Å². The molecule has 0 atom stereocenters. The number of amides is 1. The van der Waals surface area contributed by atoms with E-state index in [0.29, 0.717) is 11.3 Å². The second-order valence-corrected chi connectivity index (χ2v) is 7.30. The predicted molar refractivity (Wildman–Crippen MR) is 96.8 cm³/mol. The summed E-state index contributed by atoms with van der Waals surface area (Å²) >= 11 is 0. The van der Waals surface area contributed by atoms with Gasteiger partial charge in [-0.2, -0.15) is 0 Å². The zero-order valence-electron chi connectivity index (χ0n) is 15.1. The third-order valence-corrected chi connectivity index (χ3v) is 5.09. The van der Waals surface area contributed by atoms with Crippen molar-refractivity contribution in [1.29, 1.82) is 0 Å². The first-order valence-electron chi connectivity index (χ1n) is 8.89. The number of hydrogen-bond donors (Lipinski definition) is 0. The van der Waals surface area contributed by atoms with Gasteiger partial charge in [0.2, 0.25) is 5.91 Å². The minimum absolute atomic E-state index is 0.0710. The van der Waals surface area contributed by atoms with Crippen molar-refractivity contribution in [3.8, 4) is 5.75 Å². The Bertz CT molecular complexity index is 816. The van der Waals surface area contributed by atoms with Crippen molar-refractivity contribution in [3.05, 3.63) is 40.8 Å². The smallest absolute Gasteiger partial charge is 0.336 e. The van der Waals surface area contributed by atoms with Crippen LogP contribution in [0.5, 0.6) is 5.75 Å². The second-order valence-electron chi connectivity index (χ2n) is 7.30. The van der Waals surface area contributed by atoms with Gasteiger partial charge in [-0.25, -0.2) is 4.79 Å². The fourth-order valence-electron chi connectivity index (χ4n) is 3.06. The van der Waals surface area contributed by atoms with E-state index < -0.39 is 0 Å². The molecule has 1 aliphatic rings. The summed E-state index contributed by atoms with van der Waals surface area (Å²) in [5, 5.41) is 0.870. The van der Waals surface area contributed by atoms with Gasteiger partial charge in [0, 0.05) is 48.9 Å². The summed E-state index contributed by atoms with van der Waals surface area (Å²) in [7, 11) is 0. The molecule has 5 nitrogen and oxygen atoms in total. The fourth-order valence-corrected chi connectivity index (χ4v) is 3.06. The molecule has 0 N–H and O–H groups in total. The molecule has 25 heavy (non-hydrogen) atoms. The molecule has 134 valence electrons. The molecule has 1 aromatic carbocycles. The Hall–Kier alpha value is -2.30. The van der Waals surface area contributed by atoms with E-state index in [4.69, 9.17) is 9.15 Å². The van der Waals surface area contributed by atoms with Crippen LogP contribution in [0.2, 0.25) is 0 Å². The van der Waals surface area contributed by atoms with Crippen LogP contribution in [-0.2, 0) is 4.79 Å². The standard InChI is InChI=1S/C20H25NO4/c1-4-20(2,3)19(23)21-11-9-15(10-12-21)24-16-7-5-14-6-8-18(22)25-17(14)13-16/h5-8,13,15H,4,9-12H2,1-3H3. The number of likely N-dealkylation sites (tertiary alicyclic amines) is 1. The SMILES string of the molecule is CCC(C)(C)C(=O)N1CCC(Oc2ccc3ccc(=O)oc3c2)CC1. The Morgan fingerprint density at radius 1 is 1.24 bits per heavy atom. The van der Waals surface area contributed by atoms with Crippen LogP contribution >= 0.6 is 0 Å². The average molecular weight is 343 g/mol. The molecule has 5 heteroatoms. The van der Waals surface area contributed by atoms with Crippen molar-refractivity contribution in [2.45, 2.75) is 46.1 Å². The van der Waals surface area contributed by atoms with Gasteiger partial charge in [0.25, 0.3) is 0 Å². The van der Waals surface area contributed by atoms with Crippen LogP contribution in [0.1, 0.15) is 40.0 Å². The first-order chi connectivity index (χ1) is 11.9. The number of nitrogens with zero attached hydrogens (tertiary/aromatic N) is 1. The van der Waals surface area contributed by atoms with Crippen molar-refractivity contribution in [1.82, 2.24) is 4.90 Å². The van der Waals surface area contributed by atoms with Gasteiger partial charge in [-0.3, -0.25) is 4.79 Å². The molecule has 2 heterocycles. The van der Waals surface area contributed by atoms with Gasteiger partial charge in [-0.15, -0.1) is 0 Å². The van der Waals surface area contributed by atoms with E-state index in [9.17, 15) is 9.59 Å². The molecule has 2 aromatic rings. The van der Waals surface area contributed by atoms with E-state index in [1.807, 2.05) is 37.8 Å². The molecule has 0 saturated carbocycles. The number of benzene rings is 1. The molecule has 1 aromatic heterocycles. The van der Waals surface area contributed by atoms with E-state index in [1.54, 1.807) is 12.1 Å². The van der Waals surface area contributed by atoms with Gasteiger partial charge in [0.15, 0.2) is 0 Å². The Balaban J connectivity index is 1.62. The lowest BCUT2D eigenvalue weighted by molar-refractivity contribution is -0.142. The maximum absolute atomic E-state index is 12.5. The molecule has 0 bridgehead atoms. The molecule has 3 rings (SSSR count). The molecule has 1 saturated heterocycles. The van der Waals surface area contributed by atoms with Crippen molar-refractivity contribution >= 4 is 16.9 Å². The Morgan fingerprint density at radius 2 is 1.92 bits per heavy atom. The Morgan fingerprint density at radius 3 is 2.60 bits per heavy atom. The van der Waals surface area contributed by atoms with Gasteiger partial charge in [-0.05, 0) is 24.6 Å². The first-order valence-corrected chi connectivity index (χ1v) is 8.89. The maximum Gasteiger partial charge on any atom is 0.336 e. The maximum atomic E-state index is 12.5. The highest BCUT2D eigenvalue weighted by atomic mass is 16.5. The zero-order chi connectivity index (χ0) is 18.0. The molecule has 0 radical (unpaired) electrons. The highest BCUT2D eigenvalue weighted by Crippen LogP contribution is 2.27. The normalized spacial score (nSPS) is 16.2. The lowest BCUT2D eigenvalue weighted by Gasteiger charge is -2.36. The highest BCUT2D eigenvalue weighted by Gasteiger charge is 2.32. The summed E-state index contributed by atoms with van der Waals surface area (Å²) in [5.41, 5.74) is -0.138. The van der Waals surface area contributed by atoms with E-state index in [-0.39, 0.29) is 23.1 Å². The third-order valence-electron chi connectivity index (χ3n) is 5.09. The second kappa shape index (κ2) is 6.90. The summed E-state index contributed by atoms with van der Waals surface area (Å²) in [6.45, 7) is 7.48. The van der Waals surface area contributed by atoms with Crippen molar-refractivity contribution in [2.75, 3.05) is 13.1 Å². The number of piperidine rings is 1. The number of fused-ring (bicyclic) bond motifs is 1. The molecular weight excluding hydrogens is 318 g/mol. The largest absolute Gasteiger partial charge is 0.490 e. The van der Waals surface area contributed by atoms with Crippen molar-refractivity contribution in [2.24, 2.45) is 5.41 Å². The van der Waals surface area contributed by atoms with Crippen LogP contribution in [0.15, 0.2) is 39.5 Å². The predicted octanol–water partition coefficient (Wildman–Crippen LogP) is 3.60. The van der Waals surface area contributed by atoms with Gasteiger partial charge >= 0.3 is 5.63 Å². The molecule has 1 amide bonds. The topological polar surface area (TPSA) is 59.8 Å². The van der Waals surface area contributed by atoms with Crippen LogP contribution in [0, 0.1) is 5.41 Å². The summed E-state index contributed by atoms with van der Waals surface area (Å²) in [4.78, 5) is 25.8. The van der Waals surface area contributed by atoms with Crippen LogP contribution in [-0.4, -0.2) is 30.0 Å². The fraction of sp³-hybridized carbons (Fsp3) is 0.500. The van der Waals surface area contributed by atoms with Crippen LogP contribution in [0.25, 0.3) is 11.0 Å². The summed E-state index contributed by atoms with van der Waals surface area (Å²) in [5.74, 6) is 0.918. The van der Waals surface area contributed by atoms with Crippen molar-refractivity contribution < 1.29 is 13.9 Å². The first kappa shape index (κ1) is 17.5. The quantitative estimate of drug-likeness (QED) is 0.796. The van der Waals surface area contributed by atoms with Gasteiger partial charge in [-0.1, -0.05) is 20.8 Å². The minimum atomic E-state index is -0.366. The van der Waals surface area contributed by atoms with E-state index in [0.717, 1.165) is 37.7 Å². The number of rotatable bonds is 4. The van der Waals surface area contributed by atoms with Crippen LogP contribution in [0.4, 0.5) is 0 Å². The van der Waals surface area contributed by atoms with Crippen molar-refractivity contribution in [3.63, 3.8) is 0 Å². The molecule has 1 aliphatic heterocycles. The average Bonchev–Trinajstić information content (AvgIpc) is 2.61. The molecule has 1 fully saturated rings. The van der Waals surface area contributed by atoms with Gasteiger partial charge in [0.1, 0.15) is 17.4 Å². The van der Waals surface area contributed by atoms with Gasteiger partial charge < -0.3 is 14.1 Å². The summed E-state index contributed by atoms with van der Waals surface area (Å²) in [6, 6.07) is 8.68. The van der Waals surface area contributed by atoms with Gasteiger partial charge in [0.05, 0.1) is 0 Å². The molecular formula is C20H25NO4. The minimum Gasteiger partial charge on any atom is -0.490 e. The van der Waals surface area contributed by atoms with E-state index in [1.165, 1.54) is 6.07 Å². The van der Waals surface area contributed by atoms with Crippen LogP contribution < -0.4 is 10.4 Å². The third kappa shape index (κ3) is 3.86. The molecule has 0 unspecified atom stereocenters. The summed E-state index contributed by atoms with van der Waals surface area (Å²) < 4.78 is 11.2. The van der Waals surface area contributed by atoms with Crippen LogP contribution in [0.3, 0.4) is 0 Å². The number of carbonyl (C=O) groups is 1. The zero-order valence-corrected chi connectivity index (χ0v) is 15.1. The number of ether oxygens (including phenoxy) is 1. The lowest BCUT2D eigenvalue weighted by atomic mass is 9.87. The molecule has 0 aliphatic carbocycles.